The molecule has 0 bridgehead atoms. The lowest BCUT2D eigenvalue weighted by atomic mass is 9.90. The molecule has 2 aromatic carbocycles. The van der Waals surface area contributed by atoms with Gasteiger partial charge in [0.2, 0.25) is 5.91 Å². The predicted molar refractivity (Wildman–Crippen MR) is 146 cm³/mol. The molecular weight excluding hydrogens is 499 g/mol. The number of nitrogens with two attached hydrogens (primary N) is 1. The lowest BCUT2D eigenvalue weighted by Gasteiger charge is -2.38. The van der Waals surface area contributed by atoms with Gasteiger partial charge in [0.15, 0.2) is 5.52 Å². The van der Waals surface area contributed by atoms with Gasteiger partial charge in [0.1, 0.15) is 11.3 Å². The van der Waals surface area contributed by atoms with Gasteiger partial charge in [-0.2, -0.15) is 5.10 Å². The Morgan fingerprint density at radius 3 is 2.41 bits per heavy atom. The molecule has 39 heavy (non-hydrogen) atoms. The molecule has 3 heterocycles. The van der Waals surface area contributed by atoms with Crippen molar-refractivity contribution < 1.29 is 14.3 Å². The quantitative estimate of drug-likeness (QED) is 0.378. The van der Waals surface area contributed by atoms with Crippen molar-refractivity contribution >= 4 is 16.9 Å². The van der Waals surface area contributed by atoms with Crippen LogP contribution < -0.4 is 11.3 Å². The molecule has 5 rings (SSSR count). The highest BCUT2D eigenvalue weighted by atomic mass is 19.1. The normalized spacial score (nSPS) is 16.0. The second-order valence-electron chi connectivity index (χ2n) is 10.5. The highest BCUT2D eigenvalue weighted by Crippen LogP contribution is 2.28. The first-order chi connectivity index (χ1) is 18.7. The van der Waals surface area contributed by atoms with E-state index in [1.165, 1.54) is 23.0 Å². The number of rotatable bonds is 7. The molecule has 0 radical (unpaired) electrons. The van der Waals surface area contributed by atoms with E-state index in [4.69, 9.17) is 5.73 Å². The molecule has 10 heteroatoms. The van der Waals surface area contributed by atoms with E-state index in [-0.39, 0.29) is 35.3 Å². The molecule has 1 aliphatic rings. The van der Waals surface area contributed by atoms with Gasteiger partial charge < -0.3 is 15.7 Å². The smallest absolute Gasteiger partial charge is 0.281 e. The van der Waals surface area contributed by atoms with Crippen LogP contribution in [0.4, 0.5) is 4.39 Å². The maximum atomic E-state index is 13.3. The maximum absolute atomic E-state index is 13.3. The molecule has 0 aliphatic carbocycles. The number of hydrogen-bond acceptors (Lipinski definition) is 6. The summed E-state index contributed by atoms with van der Waals surface area (Å²) in [5, 5.41) is 15.7. The number of fused-ring (bicyclic) bond motifs is 1. The van der Waals surface area contributed by atoms with Crippen LogP contribution in [0.2, 0.25) is 0 Å². The molecule has 9 nitrogen and oxygen atoms in total. The first-order valence-corrected chi connectivity index (χ1v) is 13.1. The summed E-state index contributed by atoms with van der Waals surface area (Å²) in [5.41, 5.74) is 8.51. The fourth-order valence-electron chi connectivity index (χ4n) is 5.28. The number of carbonyl (C=O) groups excluding carboxylic acids is 1. The predicted octanol–water partition coefficient (Wildman–Crippen LogP) is 2.94. The van der Waals surface area contributed by atoms with Crippen LogP contribution in [0, 0.1) is 5.82 Å². The first kappa shape index (κ1) is 26.7. The third-order valence-electron chi connectivity index (χ3n) is 7.71. The van der Waals surface area contributed by atoms with Gasteiger partial charge >= 0.3 is 0 Å². The number of nitrogens with zero attached hydrogens (tertiary/aromatic N) is 5. The zero-order valence-corrected chi connectivity index (χ0v) is 22.2. The van der Waals surface area contributed by atoms with Crippen LogP contribution in [0.1, 0.15) is 43.2 Å². The molecule has 1 amide bonds. The van der Waals surface area contributed by atoms with E-state index in [1.807, 2.05) is 31.2 Å². The molecule has 204 valence electrons. The Bertz CT molecular complexity index is 1540. The molecule has 4 aromatic rings. The number of carbonyl (C=O) groups is 1. The van der Waals surface area contributed by atoms with Crippen LogP contribution in [0.5, 0.6) is 0 Å². The Labute approximate surface area is 225 Å². The average molecular weight is 533 g/mol. The van der Waals surface area contributed by atoms with E-state index < -0.39 is 5.60 Å². The number of amides is 1. The second kappa shape index (κ2) is 10.7. The van der Waals surface area contributed by atoms with E-state index in [9.17, 15) is 19.1 Å². The van der Waals surface area contributed by atoms with Gasteiger partial charge in [0, 0.05) is 38.7 Å². The Hall–Kier alpha value is -3.89. The molecule has 0 saturated carbocycles. The lowest BCUT2D eigenvalue weighted by Crippen LogP contribution is -2.49. The molecular formula is C29H33FN6O3. The van der Waals surface area contributed by atoms with Crippen molar-refractivity contribution in [2.75, 3.05) is 13.1 Å². The third kappa shape index (κ3) is 5.48. The molecule has 3 N–H and O–H groups in total. The van der Waals surface area contributed by atoms with Crippen molar-refractivity contribution in [1.82, 2.24) is 24.2 Å². The number of halogens is 1. The van der Waals surface area contributed by atoms with E-state index in [0.29, 0.717) is 44.4 Å². The van der Waals surface area contributed by atoms with Crippen molar-refractivity contribution in [2.24, 2.45) is 12.8 Å². The fraction of sp³-hybridized carbons (Fsp3) is 0.379. The van der Waals surface area contributed by atoms with Crippen LogP contribution in [0.15, 0.2) is 59.7 Å². The molecule has 1 saturated heterocycles. The number of piperidine rings is 1. The van der Waals surface area contributed by atoms with E-state index in [0.717, 1.165) is 22.4 Å². The number of aromatic nitrogens is 4. The van der Waals surface area contributed by atoms with Crippen LogP contribution in [-0.2, 0) is 24.9 Å². The second-order valence-corrected chi connectivity index (χ2v) is 10.5. The number of benzene rings is 2. The van der Waals surface area contributed by atoms with Crippen LogP contribution >= 0.6 is 0 Å². The summed E-state index contributed by atoms with van der Waals surface area (Å²) in [6, 6.07) is 13.9. The molecule has 1 atom stereocenters. The van der Waals surface area contributed by atoms with Gasteiger partial charge in [-0.1, -0.05) is 43.3 Å². The molecule has 1 aliphatic heterocycles. The molecule has 2 aromatic heterocycles. The summed E-state index contributed by atoms with van der Waals surface area (Å²) in [6.07, 6.45) is 2.45. The molecule has 0 unspecified atom stereocenters. The number of likely N-dealkylation sites (tertiary alicyclic amines) is 1. The lowest BCUT2D eigenvalue weighted by molar-refractivity contribution is -0.136. The average Bonchev–Trinajstić information content (AvgIpc) is 3.27. The van der Waals surface area contributed by atoms with Crippen molar-refractivity contribution in [2.45, 2.75) is 50.8 Å². The Kier molecular flexibility index (Phi) is 7.33. The Morgan fingerprint density at radius 2 is 1.77 bits per heavy atom. The SMILES string of the molecule is C[C@H](CC(=O)N1CCC(O)(Cn2cnc3c(-c4ccc(CN)cc4)n(C)nc3c2=O)CC1)c1ccc(F)cc1. The summed E-state index contributed by atoms with van der Waals surface area (Å²) in [4.78, 5) is 32.5. The van der Waals surface area contributed by atoms with Crippen molar-refractivity contribution in [3.63, 3.8) is 0 Å². The minimum Gasteiger partial charge on any atom is -0.388 e. The topological polar surface area (TPSA) is 119 Å². The summed E-state index contributed by atoms with van der Waals surface area (Å²) < 4.78 is 16.3. The van der Waals surface area contributed by atoms with Gasteiger partial charge in [-0.3, -0.25) is 18.8 Å². The highest BCUT2D eigenvalue weighted by Gasteiger charge is 2.35. The van der Waals surface area contributed by atoms with Crippen LogP contribution in [-0.4, -0.2) is 53.9 Å². The van der Waals surface area contributed by atoms with Gasteiger partial charge in [-0.05, 0) is 42.0 Å². The Morgan fingerprint density at radius 1 is 1.10 bits per heavy atom. The summed E-state index contributed by atoms with van der Waals surface area (Å²) in [5.74, 6) is -0.353. The van der Waals surface area contributed by atoms with Gasteiger partial charge in [-0.25, -0.2) is 9.37 Å². The zero-order valence-electron chi connectivity index (χ0n) is 22.2. The minimum absolute atomic E-state index is 0.00496. The number of aryl methyl sites for hydroxylation is 1. The summed E-state index contributed by atoms with van der Waals surface area (Å²) in [7, 11) is 1.77. The van der Waals surface area contributed by atoms with Crippen molar-refractivity contribution in [1.29, 1.82) is 0 Å². The van der Waals surface area contributed by atoms with Crippen LogP contribution in [0.25, 0.3) is 22.3 Å². The van der Waals surface area contributed by atoms with Gasteiger partial charge in [-0.15, -0.1) is 0 Å². The van der Waals surface area contributed by atoms with Gasteiger partial charge in [0.25, 0.3) is 5.56 Å². The Balaban J connectivity index is 1.26. The highest BCUT2D eigenvalue weighted by molar-refractivity contribution is 5.89. The largest absolute Gasteiger partial charge is 0.388 e. The minimum atomic E-state index is -1.14. The monoisotopic (exact) mass is 532 g/mol. The molecule has 1 fully saturated rings. The fourth-order valence-corrected chi connectivity index (χ4v) is 5.28. The van der Waals surface area contributed by atoms with Crippen molar-refractivity contribution in [3.8, 4) is 11.3 Å². The summed E-state index contributed by atoms with van der Waals surface area (Å²) in [6.45, 7) is 3.24. The maximum Gasteiger partial charge on any atom is 0.281 e. The third-order valence-corrected chi connectivity index (χ3v) is 7.71. The van der Waals surface area contributed by atoms with E-state index in [2.05, 4.69) is 10.1 Å². The van der Waals surface area contributed by atoms with E-state index >= 15 is 0 Å². The van der Waals surface area contributed by atoms with E-state index in [1.54, 1.807) is 28.8 Å². The van der Waals surface area contributed by atoms with Gasteiger partial charge in [0.05, 0.1) is 24.2 Å². The molecule has 0 spiro atoms. The van der Waals surface area contributed by atoms with Crippen molar-refractivity contribution in [3.05, 3.63) is 82.2 Å². The van der Waals surface area contributed by atoms with Crippen LogP contribution in [0.3, 0.4) is 0 Å². The number of aliphatic hydroxyl groups is 1. The zero-order chi connectivity index (χ0) is 27.7. The summed E-state index contributed by atoms with van der Waals surface area (Å²) >= 11 is 0. The first-order valence-electron chi connectivity index (χ1n) is 13.1. The standard InChI is InChI=1S/C29H33FN6O3/c1-19(21-7-9-23(30)10-8-21)15-24(37)35-13-11-29(39,12-14-35)17-36-18-32-25-26(28(36)38)33-34(2)27(25)22-5-3-20(16-31)4-6-22/h3-10,18-19,39H,11-17,31H2,1-2H3/t19-/m1/s1. The number of hydrogen-bond donors (Lipinski definition) is 2.